The first-order chi connectivity index (χ1) is 17.3. The lowest BCUT2D eigenvalue weighted by molar-refractivity contribution is 1.16. The van der Waals surface area contributed by atoms with Gasteiger partial charge >= 0.3 is 0 Å². The van der Waals surface area contributed by atoms with Crippen LogP contribution in [0.1, 0.15) is 5.56 Å². The van der Waals surface area contributed by atoms with E-state index < -0.39 is 0 Å². The lowest BCUT2D eigenvalue weighted by atomic mass is 9.96. The number of pyridine rings is 1. The van der Waals surface area contributed by atoms with Crippen molar-refractivity contribution in [3.63, 3.8) is 0 Å². The molecule has 35 heavy (non-hydrogen) atoms. The predicted octanol–water partition coefficient (Wildman–Crippen LogP) is 8.11. The van der Waals surface area contributed by atoms with Gasteiger partial charge in [0, 0.05) is 39.2 Å². The Labute approximate surface area is 208 Å². The molecule has 0 spiro atoms. The smallest absolute Gasteiger partial charge is 0.101 e. The number of nitrogens with zero attached hydrogens (tertiary/aromatic N) is 3. The third kappa shape index (κ3) is 3.58. The van der Waals surface area contributed by atoms with E-state index in [0.29, 0.717) is 5.56 Å². The Morgan fingerprint density at radius 1 is 0.743 bits per heavy atom. The van der Waals surface area contributed by atoms with Crippen LogP contribution in [0.25, 0.3) is 49.7 Å². The van der Waals surface area contributed by atoms with Gasteiger partial charge in [-0.05, 0) is 53.8 Å². The Morgan fingerprint density at radius 3 is 2.11 bits per heavy atom. The Morgan fingerprint density at radius 2 is 1.43 bits per heavy atom. The van der Waals surface area contributed by atoms with Crippen molar-refractivity contribution in [2.45, 2.75) is 4.90 Å². The monoisotopic (exact) mass is 467 g/mol. The van der Waals surface area contributed by atoms with Crippen LogP contribution in [0.15, 0.2) is 114 Å². The van der Waals surface area contributed by atoms with Gasteiger partial charge in [-0.2, -0.15) is 5.26 Å². The summed E-state index contributed by atoms with van der Waals surface area (Å²) >= 11 is 1.74. The fourth-order valence-electron chi connectivity index (χ4n) is 4.84. The number of para-hydroxylation sites is 2. The second-order valence-electron chi connectivity index (χ2n) is 8.37. The zero-order valence-electron chi connectivity index (χ0n) is 19.1. The maximum absolute atomic E-state index is 9.60. The van der Waals surface area contributed by atoms with E-state index in [-0.39, 0.29) is 0 Å². The molecule has 4 aromatic carbocycles. The highest BCUT2D eigenvalue weighted by Crippen LogP contribution is 2.38. The molecule has 0 aliphatic rings. The number of thioether (sulfide) groups is 1. The summed E-state index contributed by atoms with van der Waals surface area (Å²) in [7, 11) is 0. The first-order valence-electron chi connectivity index (χ1n) is 11.4. The zero-order valence-corrected chi connectivity index (χ0v) is 20.0. The van der Waals surface area contributed by atoms with Gasteiger partial charge in [0.1, 0.15) is 6.07 Å². The molecule has 0 atom stereocenters. The van der Waals surface area contributed by atoms with Crippen LogP contribution in [0, 0.1) is 11.3 Å². The van der Waals surface area contributed by atoms with Crippen LogP contribution in [-0.2, 0) is 0 Å². The van der Waals surface area contributed by atoms with Crippen LogP contribution in [0.4, 0.5) is 0 Å². The quantitative estimate of drug-likeness (QED) is 0.246. The number of nitriles is 1. The van der Waals surface area contributed by atoms with Gasteiger partial charge in [0.2, 0.25) is 0 Å². The van der Waals surface area contributed by atoms with E-state index in [1.165, 1.54) is 26.7 Å². The molecule has 2 aromatic heterocycles. The molecule has 0 amide bonds. The summed E-state index contributed by atoms with van der Waals surface area (Å²) in [5, 5.41) is 12.1. The maximum Gasteiger partial charge on any atom is 0.101 e. The molecule has 4 heteroatoms. The number of hydrogen-bond acceptors (Lipinski definition) is 3. The molecular formula is C31H21N3S. The zero-order chi connectivity index (χ0) is 23.8. The molecule has 2 heterocycles. The van der Waals surface area contributed by atoms with Gasteiger partial charge in [0.15, 0.2) is 0 Å². The van der Waals surface area contributed by atoms with Crippen LogP contribution in [0.5, 0.6) is 0 Å². The topological polar surface area (TPSA) is 41.6 Å². The molecule has 0 unspecified atom stereocenters. The van der Waals surface area contributed by atoms with Crippen molar-refractivity contribution in [3.8, 4) is 34.0 Å². The van der Waals surface area contributed by atoms with E-state index in [1.807, 2.05) is 6.07 Å². The van der Waals surface area contributed by atoms with Gasteiger partial charge in [-0.25, -0.2) is 0 Å². The molecule has 0 N–H and O–H groups in total. The van der Waals surface area contributed by atoms with Crippen molar-refractivity contribution in [1.82, 2.24) is 9.55 Å². The minimum atomic E-state index is 0.574. The van der Waals surface area contributed by atoms with Crippen LogP contribution in [-0.4, -0.2) is 15.8 Å². The van der Waals surface area contributed by atoms with Gasteiger partial charge in [-0.1, -0.05) is 60.7 Å². The number of aromatic nitrogens is 2. The van der Waals surface area contributed by atoms with E-state index in [2.05, 4.69) is 113 Å². The summed E-state index contributed by atoms with van der Waals surface area (Å²) < 4.78 is 2.37. The Hall–Kier alpha value is -4.33. The van der Waals surface area contributed by atoms with Crippen LogP contribution in [0.2, 0.25) is 0 Å². The summed E-state index contributed by atoms with van der Waals surface area (Å²) in [4.78, 5) is 5.33. The lowest BCUT2D eigenvalue weighted by Gasteiger charge is -2.16. The normalized spacial score (nSPS) is 11.1. The van der Waals surface area contributed by atoms with Crippen LogP contribution < -0.4 is 0 Å². The molecule has 0 aliphatic heterocycles. The molecule has 0 aliphatic carbocycles. The van der Waals surface area contributed by atoms with Crippen LogP contribution >= 0.6 is 11.8 Å². The van der Waals surface area contributed by atoms with Gasteiger partial charge < -0.3 is 4.57 Å². The molecule has 166 valence electrons. The van der Waals surface area contributed by atoms with E-state index in [0.717, 1.165) is 27.9 Å². The number of rotatable bonds is 4. The van der Waals surface area contributed by atoms with Gasteiger partial charge in [0.25, 0.3) is 0 Å². The first-order valence-corrected chi connectivity index (χ1v) is 12.6. The largest absolute Gasteiger partial charge is 0.309 e. The Kier molecular flexibility index (Phi) is 5.33. The van der Waals surface area contributed by atoms with Crippen molar-refractivity contribution in [3.05, 3.63) is 115 Å². The Balaban J connectivity index is 1.64. The molecule has 3 nitrogen and oxygen atoms in total. The third-order valence-corrected chi connectivity index (χ3v) is 7.18. The average molecular weight is 468 g/mol. The van der Waals surface area contributed by atoms with Crippen molar-refractivity contribution in [1.29, 1.82) is 5.26 Å². The molecule has 0 bridgehead atoms. The number of benzene rings is 4. The highest BCUT2D eigenvalue weighted by molar-refractivity contribution is 7.98. The van der Waals surface area contributed by atoms with Gasteiger partial charge in [0.05, 0.1) is 22.3 Å². The summed E-state index contributed by atoms with van der Waals surface area (Å²) in [6, 6.07) is 36.4. The summed E-state index contributed by atoms with van der Waals surface area (Å²) in [5.74, 6) is 0. The average Bonchev–Trinajstić information content (AvgIpc) is 3.27. The number of hydrogen-bond donors (Lipinski definition) is 0. The Bertz CT molecular complexity index is 1700. The highest BCUT2D eigenvalue weighted by atomic mass is 32.2. The molecule has 0 saturated heterocycles. The molecule has 0 saturated carbocycles. The van der Waals surface area contributed by atoms with Gasteiger partial charge in [-0.15, -0.1) is 11.8 Å². The molecular weight excluding hydrogens is 446 g/mol. The second kappa shape index (κ2) is 8.79. The molecule has 0 radical (unpaired) electrons. The van der Waals surface area contributed by atoms with Gasteiger partial charge in [-0.3, -0.25) is 4.98 Å². The van der Waals surface area contributed by atoms with E-state index >= 15 is 0 Å². The van der Waals surface area contributed by atoms with Crippen molar-refractivity contribution in [2.24, 2.45) is 0 Å². The fourth-order valence-corrected chi connectivity index (χ4v) is 5.27. The maximum atomic E-state index is 9.60. The minimum Gasteiger partial charge on any atom is -0.309 e. The fraction of sp³-hybridized carbons (Fsp3) is 0.0323. The lowest BCUT2D eigenvalue weighted by Crippen LogP contribution is -1.98. The van der Waals surface area contributed by atoms with E-state index in [1.54, 1.807) is 24.2 Å². The summed E-state index contributed by atoms with van der Waals surface area (Å²) in [6.45, 7) is 0. The van der Waals surface area contributed by atoms with Crippen LogP contribution in [0.3, 0.4) is 0 Å². The van der Waals surface area contributed by atoms with Crippen molar-refractivity contribution >= 4 is 33.6 Å². The van der Waals surface area contributed by atoms with E-state index in [9.17, 15) is 5.26 Å². The molecule has 0 fully saturated rings. The summed E-state index contributed by atoms with van der Waals surface area (Å²) in [5.41, 5.74) is 8.23. The summed E-state index contributed by atoms with van der Waals surface area (Å²) in [6.07, 6.45) is 5.47. The molecule has 6 rings (SSSR count). The SMILES string of the molecule is CSc1ccc(-c2cccc(-c3ccncc3C#N)c2)c(-n2c3ccccc3c3ccccc32)c1. The highest BCUT2D eigenvalue weighted by Gasteiger charge is 2.16. The second-order valence-corrected chi connectivity index (χ2v) is 9.25. The standard InChI is InChI=1S/C31H21N3S/c1-35-24-13-14-26(22-8-6-7-21(17-22)25-15-16-33-20-23(25)19-32)31(18-24)34-29-11-4-2-9-27(29)28-10-3-5-12-30(28)34/h2-18,20H,1H3. The van der Waals surface area contributed by atoms with E-state index in [4.69, 9.17) is 0 Å². The number of fused-ring (bicyclic) bond motifs is 3. The predicted molar refractivity (Wildman–Crippen MR) is 146 cm³/mol. The van der Waals surface area contributed by atoms with Crippen molar-refractivity contribution < 1.29 is 0 Å². The first kappa shape index (κ1) is 21.2. The molecule has 6 aromatic rings. The third-order valence-electron chi connectivity index (χ3n) is 6.45. The van der Waals surface area contributed by atoms with Crippen molar-refractivity contribution in [2.75, 3.05) is 6.26 Å². The minimum absolute atomic E-state index is 0.574.